The van der Waals surface area contributed by atoms with E-state index < -0.39 is 0 Å². The summed E-state index contributed by atoms with van der Waals surface area (Å²) in [5, 5.41) is 5.88. The molecule has 2 aromatic rings. The lowest BCUT2D eigenvalue weighted by atomic mass is 10.2. The highest BCUT2D eigenvalue weighted by atomic mass is 16.5. The number of nitrogens with one attached hydrogen (secondary N) is 2. The third-order valence-corrected chi connectivity index (χ3v) is 3.99. The minimum atomic E-state index is -0.171. The normalized spacial score (nSPS) is 16.9. The Morgan fingerprint density at radius 3 is 2.57 bits per heavy atom. The molecular weight excluding hydrogens is 290 g/mol. The number of carbonyl (C=O) groups is 1. The number of hydrogen-bond donors (Lipinski definition) is 2. The molecule has 0 saturated carbocycles. The maximum atomic E-state index is 12.1. The number of carbonyl (C=O) groups excluding carboxylic acids is 1. The van der Waals surface area contributed by atoms with Gasteiger partial charge in [-0.3, -0.25) is 0 Å². The summed E-state index contributed by atoms with van der Waals surface area (Å²) in [6.45, 7) is 1.79. The van der Waals surface area contributed by atoms with Gasteiger partial charge in [-0.2, -0.15) is 0 Å². The number of anilines is 2. The maximum Gasteiger partial charge on any atom is 0.319 e. The molecule has 23 heavy (non-hydrogen) atoms. The van der Waals surface area contributed by atoms with E-state index in [2.05, 4.69) is 27.7 Å². The van der Waals surface area contributed by atoms with Crippen molar-refractivity contribution in [2.75, 3.05) is 30.4 Å². The van der Waals surface area contributed by atoms with Crippen LogP contribution in [-0.2, 0) is 0 Å². The summed E-state index contributed by atoms with van der Waals surface area (Å²) in [6.07, 6.45) is 0.949. The zero-order chi connectivity index (χ0) is 16.1. The number of benzene rings is 2. The summed E-state index contributed by atoms with van der Waals surface area (Å²) >= 11 is 0. The lowest BCUT2D eigenvalue weighted by Crippen LogP contribution is -2.39. The van der Waals surface area contributed by atoms with Gasteiger partial charge in [-0.25, -0.2) is 4.79 Å². The van der Waals surface area contributed by atoms with Gasteiger partial charge in [0.2, 0.25) is 0 Å². The summed E-state index contributed by atoms with van der Waals surface area (Å²) in [5.41, 5.74) is 1.95. The Morgan fingerprint density at radius 2 is 1.87 bits per heavy atom. The molecule has 1 aliphatic rings. The molecule has 1 saturated heterocycles. The molecular formula is C18H21N3O2. The number of ether oxygens (including phenoxy) is 1. The van der Waals surface area contributed by atoms with Crippen LogP contribution < -0.4 is 20.3 Å². The molecule has 0 radical (unpaired) electrons. The van der Waals surface area contributed by atoms with Crippen molar-refractivity contribution in [1.82, 2.24) is 5.32 Å². The van der Waals surface area contributed by atoms with Gasteiger partial charge < -0.3 is 20.3 Å². The van der Waals surface area contributed by atoms with Gasteiger partial charge in [-0.15, -0.1) is 0 Å². The number of para-hydroxylation sites is 1. The first-order chi connectivity index (χ1) is 11.2. The van der Waals surface area contributed by atoms with Crippen molar-refractivity contribution in [1.29, 1.82) is 0 Å². The molecule has 5 nitrogen and oxygen atoms in total. The van der Waals surface area contributed by atoms with Gasteiger partial charge in [-0.05, 0) is 42.8 Å². The van der Waals surface area contributed by atoms with Gasteiger partial charge in [0.05, 0.1) is 7.11 Å². The second-order valence-electron chi connectivity index (χ2n) is 5.59. The third-order valence-electron chi connectivity index (χ3n) is 3.99. The molecule has 2 aromatic carbocycles. The van der Waals surface area contributed by atoms with E-state index in [9.17, 15) is 4.79 Å². The number of methoxy groups -OCH3 is 1. The van der Waals surface area contributed by atoms with E-state index in [1.165, 1.54) is 5.69 Å². The Morgan fingerprint density at radius 1 is 1.13 bits per heavy atom. The summed E-state index contributed by atoms with van der Waals surface area (Å²) in [6, 6.07) is 17.6. The molecule has 5 heteroatoms. The van der Waals surface area contributed by atoms with E-state index in [4.69, 9.17) is 4.74 Å². The molecule has 1 aliphatic heterocycles. The zero-order valence-electron chi connectivity index (χ0n) is 13.2. The largest absolute Gasteiger partial charge is 0.497 e. The molecule has 1 fully saturated rings. The molecule has 0 bridgehead atoms. The van der Waals surface area contributed by atoms with Crippen LogP contribution in [0, 0.1) is 0 Å². The summed E-state index contributed by atoms with van der Waals surface area (Å²) in [5.74, 6) is 0.769. The first kappa shape index (κ1) is 15.2. The van der Waals surface area contributed by atoms with Crippen LogP contribution >= 0.6 is 0 Å². The first-order valence-electron chi connectivity index (χ1n) is 7.76. The van der Waals surface area contributed by atoms with Gasteiger partial charge in [0.1, 0.15) is 5.75 Å². The summed E-state index contributed by atoms with van der Waals surface area (Å²) < 4.78 is 5.10. The smallest absolute Gasteiger partial charge is 0.319 e. The SMILES string of the molecule is COc1ccc(NC(=O)N[C@@H]2CCN(c3ccccc3)C2)cc1. The Labute approximate surface area is 136 Å². The second-order valence-corrected chi connectivity index (χ2v) is 5.59. The minimum Gasteiger partial charge on any atom is -0.497 e. The van der Waals surface area contributed by atoms with Crippen molar-refractivity contribution in [3.05, 3.63) is 54.6 Å². The van der Waals surface area contributed by atoms with Gasteiger partial charge in [-0.1, -0.05) is 18.2 Å². The molecule has 0 spiro atoms. The van der Waals surface area contributed by atoms with Crippen LogP contribution in [0.5, 0.6) is 5.75 Å². The molecule has 2 N–H and O–H groups in total. The monoisotopic (exact) mass is 311 g/mol. The fourth-order valence-corrected chi connectivity index (χ4v) is 2.78. The Balaban J connectivity index is 1.50. The van der Waals surface area contributed by atoms with Crippen molar-refractivity contribution >= 4 is 17.4 Å². The number of rotatable bonds is 4. The van der Waals surface area contributed by atoms with E-state index in [0.29, 0.717) is 0 Å². The number of hydrogen-bond acceptors (Lipinski definition) is 3. The van der Waals surface area contributed by atoms with E-state index >= 15 is 0 Å². The fraction of sp³-hybridized carbons (Fsp3) is 0.278. The quantitative estimate of drug-likeness (QED) is 0.912. The van der Waals surface area contributed by atoms with Crippen molar-refractivity contribution in [3.63, 3.8) is 0 Å². The highest BCUT2D eigenvalue weighted by Gasteiger charge is 2.23. The van der Waals surface area contributed by atoms with Crippen LogP contribution in [0.25, 0.3) is 0 Å². The third kappa shape index (κ3) is 3.94. The lowest BCUT2D eigenvalue weighted by Gasteiger charge is -2.19. The molecule has 0 aromatic heterocycles. The van der Waals surface area contributed by atoms with Crippen LogP contribution in [0.15, 0.2) is 54.6 Å². The van der Waals surface area contributed by atoms with Crippen LogP contribution in [0.3, 0.4) is 0 Å². The van der Waals surface area contributed by atoms with Crippen LogP contribution in [0.4, 0.5) is 16.2 Å². The highest BCUT2D eigenvalue weighted by molar-refractivity contribution is 5.89. The second kappa shape index (κ2) is 7.05. The topological polar surface area (TPSA) is 53.6 Å². The molecule has 1 atom stereocenters. The Kier molecular flexibility index (Phi) is 4.66. The summed E-state index contributed by atoms with van der Waals surface area (Å²) in [7, 11) is 1.62. The standard InChI is InChI=1S/C18H21N3O2/c1-23-17-9-7-14(8-10-17)19-18(22)20-15-11-12-21(13-15)16-5-3-2-4-6-16/h2-10,15H,11-13H2,1H3,(H2,19,20,22)/t15-/m1/s1. The van der Waals surface area contributed by atoms with E-state index in [1.807, 2.05) is 42.5 Å². The van der Waals surface area contributed by atoms with Crippen molar-refractivity contribution < 1.29 is 9.53 Å². The van der Waals surface area contributed by atoms with Crippen LogP contribution in [0.2, 0.25) is 0 Å². The number of amides is 2. The number of nitrogens with zero attached hydrogens (tertiary/aromatic N) is 1. The van der Waals surface area contributed by atoms with E-state index in [0.717, 1.165) is 30.9 Å². The average Bonchev–Trinajstić information content (AvgIpc) is 3.04. The fourth-order valence-electron chi connectivity index (χ4n) is 2.78. The highest BCUT2D eigenvalue weighted by Crippen LogP contribution is 2.20. The minimum absolute atomic E-state index is 0.161. The Bertz CT molecular complexity index is 643. The molecule has 0 unspecified atom stereocenters. The maximum absolute atomic E-state index is 12.1. The van der Waals surface area contributed by atoms with Gasteiger partial charge in [0.15, 0.2) is 0 Å². The Hall–Kier alpha value is -2.69. The number of urea groups is 1. The van der Waals surface area contributed by atoms with Gasteiger partial charge in [0, 0.05) is 30.5 Å². The molecule has 120 valence electrons. The van der Waals surface area contributed by atoms with Crippen molar-refractivity contribution in [2.45, 2.75) is 12.5 Å². The average molecular weight is 311 g/mol. The first-order valence-corrected chi connectivity index (χ1v) is 7.76. The molecule has 1 heterocycles. The summed E-state index contributed by atoms with van der Waals surface area (Å²) in [4.78, 5) is 14.4. The van der Waals surface area contributed by atoms with Crippen molar-refractivity contribution in [2.24, 2.45) is 0 Å². The van der Waals surface area contributed by atoms with E-state index in [-0.39, 0.29) is 12.1 Å². The lowest BCUT2D eigenvalue weighted by molar-refractivity contribution is 0.249. The van der Waals surface area contributed by atoms with Crippen molar-refractivity contribution in [3.8, 4) is 5.75 Å². The van der Waals surface area contributed by atoms with Gasteiger partial charge in [0.25, 0.3) is 0 Å². The van der Waals surface area contributed by atoms with E-state index in [1.54, 1.807) is 7.11 Å². The molecule has 0 aliphatic carbocycles. The molecule has 2 amide bonds. The predicted octanol–water partition coefficient (Wildman–Crippen LogP) is 3.10. The zero-order valence-corrected chi connectivity index (χ0v) is 13.2. The van der Waals surface area contributed by atoms with Gasteiger partial charge >= 0.3 is 6.03 Å². The van der Waals surface area contributed by atoms with Crippen LogP contribution in [0.1, 0.15) is 6.42 Å². The predicted molar refractivity (Wildman–Crippen MR) is 92.2 cm³/mol. The molecule has 3 rings (SSSR count). The van der Waals surface area contributed by atoms with Crippen LogP contribution in [-0.4, -0.2) is 32.3 Å².